The van der Waals surface area contributed by atoms with Crippen molar-refractivity contribution in [2.24, 2.45) is 0 Å². The van der Waals surface area contributed by atoms with Crippen LogP contribution in [0, 0.1) is 16.2 Å². The number of rotatable bonds is 1. The van der Waals surface area contributed by atoms with E-state index in [9.17, 15) is 10.1 Å². The second-order valence-electron chi connectivity index (χ2n) is 3.84. The second-order valence-corrected chi connectivity index (χ2v) is 3.84. The number of fused-ring (bicyclic) bond motifs is 3. The van der Waals surface area contributed by atoms with Crippen LogP contribution in [0.3, 0.4) is 0 Å². The number of benzene rings is 2. The zero-order valence-electron chi connectivity index (χ0n) is 8.43. The lowest BCUT2D eigenvalue weighted by Crippen LogP contribution is -1.89. The summed E-state index contributed by atoms with van der Waals surface area (Å²) >= 11 is 0. The lowest BCUT2D eigenvalue weighted by molar-refractivity contribution is -0.384. The molecule has 0 aliphatic heterocycles. The Bertz CT molecular complexity index is 590. The molecule has 2 aromatic carbocycles. The summed E-state index contributed by atoms with van der Waals surface area (Å²) in [6.07, 6.45) is 0.743. The Morgan fingerprint density at radius 3 is 2.94 bits per heavy atom. The van der Waals surface area contributed by atoms with Crippen molar-refractivity contribution in [2.45, 2.75) is 6.42 Å². The summed E-state index contributed by atoms with van der Waals surface area (Å²) in [5.74, 6) is 0. The third kappa shape index (κ3) is 1.21. The molecule has 0 N–H and O–H groups in total. The molecule has 1 aliphatic rings. The predicted molar refractivity (Wildman–Crippen MR) is 60.2 cm³/mol. The van der Waals surface area contributed by atoms with Gasteiger partial charge in [-0.1, -0.05) is 18.2 Å². The molecule has 0 aromatic heterocycles. The molecule has 3 heteroatoms. The smallest absolute Gasteiger partial charge is 0.258 e. The molecule has 0 saturated carbocycles. The summed E-state index contributed by atoms with van der Waals surface area (Å²) in [6.45, 7) is 0. The van der Waals surface area contributed by atoms with Crippen molar-refractivity contribution < 1.29 is 4.92 Å². The maximum Gasteiger partial charge on any atom is 0.269 e. The van der Waals surface area contributed by atoms with Gasteiger partial charge in [0.25, 0.3) is 5.69 Å². The SMILES string of the molecule is O=[N+]([O-])c1ccc2c(c1)Cc1[c]cccc1-2. The minimum absolute atomic E-state index is 0.159. The van der Waals surface area contributed by atoms with Gasteiger partial charge in [0.15, 0.2) is 0 Å². The van der Waals surface area contributed by atoms with Crippen molar-refractivity contribution in [1.82, 2.24) is 0 Å². The van der Waals surface area contributed by atoms with Crippen LogP contribution in [0.15, 0.2) is 36.4 Å². The van der Waals surface area contributed by atoms with Crippen LogP contribution in [0.4, 0.5) is 5.69 Å². The minimum Gasteiger partial charge on any atom is -0.258 e. The van der Waals surface area contributed by atoms with E-state index in [2.05, 4.69) is 6.07 Å². The molecule has 0 bridgehead atoms. The molecule has 1 radical (unpaired) electrons. The molecule has 16 heavy (non-hydrogen) atoms. The van der Waals surface area contributed by atoms with Gasteiger partial charge in [0.2, 0.25) is 0 Å². The third-order valence-corrected chi connectivity index (χ3v) is 2.90. The van der Waals surface area contributed by atoms with E-state index in [1.54, 1.807) is 12.1 Å². The number of non-ortho nitro benzene ring substituents is 1. The summed E-state index contributed by atoms with van der Waals surface area (Å²) < 4.78 is 0. The van der Waals surface area contributed by atoms with Crippen LogP contribution in [-0.2, 0) is 6.42 Å². The normalized spacial score (nSPS) is 12.0. The Morgan fingerprint density at radius 1 is 1.25 bits per heavy atom. The molecule has 0 saturated heterocycles. The molecule has 2 aromatic rings. The van der Waals surface area contributed by atoms with Crippen molar-refractivity contribution in [2.75, 3.05) is 0 Å². The fraction of sp³-hybridized carbons (Fsp3) is 0.0769. The first-order valence-electron chi connectivity index (χ1n) is 5.03. The zero-order valence-corrected chi connectivity index (χ0v) is 8.43. The number of hydrogen-bond acceptors (Lipinski definition) is 2. The monoisotopic (exact) mass is 210 g/mol. The Kier molecular flexibility index (Phi) is 1.80. The van der Waals surface area contributed by atoms with Crippen molar-refractivity contribution in [3.8, 4) is 11.1 Å². The van der Waals surface area contributed by atoms with E-state index >= 15 is 0 Å². The Labute approximate surface area is 92.5 Å². The van der Waals surface area contributed by atoms with Crippen molar-refractivity contribution in [1.29, 1.82) is 0 Å². The largest absolute Gasteiger partial charge is 0.269 e. The predicted octanol–water partition coefficient (Wildman–Crippen LogP) is 2.97. The summed E-state index contributed by atoms with van der Waals surface area (Å²) in [7, 11) is 0. The first-order valence-corrected chi connectivity index (χ1v) is 5.03. The standard InChI is InChI=1S/C13H8NO2/c15-14(16)11-5-6-13-10(8-11)7-9-3-1-2-4-12(9)13/h1-2,4-6,8H,7H2. The van der Waals surface area contributed by atoms with Crippen molar-refractivity contribution >= 4 is 5.69 Å². The zero-order chi connectivity index (χ0) is 11.1. The molecule has 1 aliphatic carbocycles. The van der Waals surface area contributed by atoms with E-state index < -0.39 is 0 Å². The van der Waals surface area contributed by atoms with E-state index in [4.69, 9.17) is 0 Å². The van der Waals surface area contributed by atoms with Gasteiger partial charge in [0.1, 0.15) is 0 Å². The Morgan fingerprint density at radius 2 is 2.12 bits per heavy atom. The number of nitrogens with zero attached hydrogens (tertiary/aromatic N) is 1. The van der Waals surface area contributed by atoms with Gasteiger partial charge in [-0.15, -0.1) is 0 Å². The Hall–Kier alpha value is -2.16. The maximum absolute atomic E-state index is 10.7. The van der Waals surface area contributed by atoms with Crippen molar-refractivity contribution in [3.63, 3.8) is 0 Å². The highest BCUT2D eigenvalue weighted by atomic mass is 16.6. The molecule has 77 valence electrons. The van der Waals surface area contributed by atoms with Gasteiger partial charge in [-0.3, -0.25) is 10.1 Å². The van der Waals surface area contributed by atoms with Gasteiger partial charge < -0.3 is 0 Å². The molecule has 0 spiro atoms. The lowest BCUT2D eigenvalue weighted by atomic mass is 10.1. The van der Waals surface area contributed by atoms with Crippen LogP contribution in [0.2, 0.25) is 0 Å². The molecule has 0 heterocycles. The first-order chi connectivity index (χ1) is 7.75. The summed E-state index contributed by atoms with van der Waals surface area (Å²) in [6, 6.07) is 14.1. The van der Waals surface area contributed by atoms with Crippen LogP contribution >= 0.6 is 0 Å². The van der Waals surface area contributed by atoms with E-state index in [1.807, 2.05) is 24.3 Å². The third-order valence-electron chi connectivity index (χ3n) is 2.90. The number of nitro benzene ring substituents is 1. The van der Waals surface area contributed by atoms with Gasteiger partial charge in [-0.25, -0.2) is 0 Å². The molecule has 0 fully saturated rings. The fourth-order valence-corrected chi connectivity index (χ4v) is 2.16. The summed E-state index contributed by atoms with van der Waals surface area (Å²) in [5.41, 5.74) is 4.54. The van der Waals surface area contributed by atoms with Crippen LogP contribution in [0.25, 0.3) is 11.1 Å². The maximum atomic E-state index is 10.7. The molecular formula is C13H8NO2. The molecular weight excluding hydrogens is 202 g/mol. The highest BCUT2D eigenvalue weighted by Gasteiger charge is 2.20. The number of nitro groups is 1. The molecule has 0 atom stereocenters. The second kappa shape index (κ2) is 3.17. The van der Waals surface area contributed by atoms with Gasteiger partial charge >= 0.3 is 0 Å². The lowest BCUT2D eigenvalue weighted by Gasteiger charge is -1.99. The highest BCUT2D eigenvalue weighted by molar-refractivity contribution is 5.77. The van der Waals surface area contributed by atoms with Gasteiger partial charge in [-0.05, 0) is 40.8 Å². The summed E-state index contributed by atoms with van der Waals surface area (Å²) in [4.78, 5) is 10.3. The minimum atomic E-state index is -0.354. The summed E-state index contributed by atoms with van der Waals surface area (Å²) in [5, 5.41) is 10.7. The highest BCUT2D eigenvalue weighted by Crippen LogP contribution is 2.37. The quantitative estimate of drug-likeness (QED) is 0.457. The van der Waals surface area contributed by atoms with Gasteiger partial charge in [-0.2, -0.15) is 0 Å². The van der Waals surface area contributed by atoms with E-state index in [0.29, 0.717) is 0 Å². The van der Waals surface area contributed by atoms with Crippen LogP contribution < -0.4 is 0 Å². The Balaban J connectivity index is 2.18. The molecule has 3 rings (SSSR count). The van der Waals surface area contributed by atoms with E-state index in [0.717, 1.165) is 28.7 Å². The number of hydrogen-bond donors (Lipinski definition) is 0. The topological polar surface area (TPSA) is 43.1 Å². The van der Waals surface area contributed by atoms with Gasteiger partial charge in [0.05, 0.1) is 4.92 Å². The van der Waals surface area contributed by atoms with E-state index in [1.165, 1.54) is 0 Å². The van der Waals surface area contributed by atoms with Gasteiger partial charge in [0, 0.05) is 12.1 Å². The van der Waals surface area contributed by atoms with Crippen LogP contribution in [0.1, 0.15) is 11.1 Å². The average molecular weight is 210 g/mol. The molecule has 0 amide bonds. The van der Waals surface area contributed by atoms with E-state index in [-0.39, 0.29) is 10.6 Å². The molecule has 3 nitrogen and oxygen atoms in total. The van der Waals surface area contributed by atoms with Crippen LogP contribution in [0.5, 0.6) is 0 Å². The fourth-order valence-electron chi connectivity index (χ4n) is 2.16. The molecule has 0 unspecified atom stereocenters. The van der Waals surface area contributed by atoms with Crippen LogP contribution in [-0.4, -0.2) is 4.92 Å². The van der Waals surface area contributed by atoms with Crippen molar-refractivity contribution in [3.05, 3.63) is 63.7 Å². The first kappa shape index (κ1) is 9.09. The average Bonchev–Trinajstić information content (AvgIpc) is 2.66.